The van der Waals surface area contributed by atoms with E-state index in [4.69, 9.17) is 9.26 Å². The Hall–Kier alpha value is -0.960. The molecule has 0 aromatic rings. The van der Waals surface area contributed by atoms with Crippen LogP contribution in [-0.2, 0) is 18.8 Å². The van der Waals surface area contributed by atoms with Gasteiger partial charge in [-0.25, -0.2) is 0 Å². The molecule has 0 aromatic carbocycles. The second-order valence-electron chi connectivity index (χ2n) is 6.46. The van der Waals surface area contributed by atoms with Gasteiger partial charge in [-0.2, -0.15) is 0 Å². The molecule has 1 aliphatic rings. The molecule has 1 aliphatic carbocycles. The van der Waals surface area contributed by atoms with E-state index in [1.165, 1.54) is 17.5 Å². The molecule has 0 aliphatic heterocycles. The van der Waals surface area contributed by atoms with E-state index in [2.05, 4.69) is 17.0 Å². The number of hydrogen-bond acceptors (Lipinski definition) is 8. The summed E-state index contributed by atoms with van der Waals surface area (Å²) in [6.45, 7) is 4.60. The molecule has 0 bridgehead atoms. The summed E-state index contributed by atoms with van der Waals surface area (Å²) in [4.78, 5) is 34.7. The minimum atomic E-state index is -3.26. The van der Waals surface area contributed by atoms with Crippen LogP contribution in [0.4, 0.5) is 0 Å². The summed E-state index contributed by atoms with van der Waals surface area (Å²) in [6, 6.07) is 0. The number of carbonyl (C=O) groups excluding carboxylic acids is 2. The number of aldehydes is 1. The summed E-state index contributed by atoms with van der Waals surface area (Å²) >= 11 is 1.45. The first-order valence-electron chi connectivity index (χ1n) is 9.50. The fourth-order valence-corrected chi connectivity index (χ4v) is 7.77. The van der Waals surface area contributed by atoms with Crippen LogP contribution < -0.4 is 10.4 Å². The first kappa shape index (κ1) is 25.1. The van der Waals surface area contributed by atoms with Crippen LogP contribution in [-0.4, -0.2) is 67.2 Å². The van der Waals surface area contributed by atoms with Crippen molar-refractivity contribution in [1.29, 1.82) is 0 Å². The molecule has 1 amide bonds. The molecule has 1 saturated carbocycles. The normalized spacial score (nSPS) is 16.8. The summed E-state index contributed by atoms with van der Waals surface area (Å²) in [7, 11) is -0.0998. The number of amides is 1. The van der Waals surface area contributed by atoms with E-state index in [0.29, 0.717) is 18.2 Å². The molecule has 162 valence electrons. The predicted molar refractivity (Wildman–Crippen MR) is 116 cm³/mol. The molecular formula is C18H34N3O5PS. The molecule has 28 heavy (non-hydrogen) atoms. The van der Waals surface area contributed by atoms with Crippen LogP contribution in [0.2, 0.25) is 0 Å². The van der Waals surface area contributed by atoms with Gasteiger partial charge >= 0.3 is 172 Å². The van der Waals surface area contributed by atoms with Crippen molar-refractivity contribution in [3.8, 4) is 0 Å². The molecule has 1 atom stereocenters. The Kier molecular flexibility index (Phi) is 12.6. The zero-order valence-corrected chi connectivity index (χ0v) is 18.6. The zero-order valence-electron chi connectivity index (χ0n) is 16.8. The van der Waals surface area contributed by atoms with Gasteiger partial charge in [0.1, 0.15) is 0 Å². The Morgan fingerprint density at radius 3 is 2.75 bits per heavy atom. The van der Waals surface area contributed by atoms with E-state index in [1.54, 1.807) is 31.5 Å². The molecule has 0 spiro atoms. The molecule has 1 rings (SSSR count). The summed E-state index contributed by atoms with van der Waals surface area (Å²) in [5.41, 5.74) is 0. The first-order chi connectivity index (χ1) is 13.5. The van der Waals surface area contributed by atoms with Gasteiger partial charge in [0.2, 0.25) is 0 Å². The van der Waals surface area contributed by atoms with Gasteiger partial charge in [-0.3, -0.25) is 0 Å². The Bertz CT molecular complexity index is 519. The van der Waals surface area contributed by atoms with Crippen molar-refractivity contribution in [2.75, 3.05) is 33.9 Å². The fraction of sp³-hybridized carbons (Fsp3) is 0.667. The van der Waals surface area contributed by atoms with Crippen molar-refractivity contribution in [3.05, 3.63) is 25.1 Å². The number of nitrogens with one attached hydrogen (secondary N) is 2. The standard InChI is InChI=1S/C18H34N3O5PS/c1-4-21(13-10-18(23)19-2)12-9-16(25-3)15-26-27(24,20-11-14-22)28-17-7-5-6-8-17/h4,10,13-14,16-17,20,24,27H,1,5-9,11-12,15H2,2-3H3,(H,19,23)/b13-10-. The molecule has 8 nitrogen and oxygen atoms in total. The number of methoxy groups -OCH3 is 1. The predicted octanol–water partition coefficient (Wildman–Crippen LogP) is 1.98. The van der Waals surface area contributed by atoms with Crippen molar-refractivity contribution in [1.82, 2.24) is 15.3 Å². The molecule has 0 heterocycles. The van der Waals surface area contributed by atoms with Crippen LogP contribution in [0.3, 0.4) is 0 Å². The van der Waals surface area contributed by atoms with E-state index in [1.807, 2.05) is 0 Å². The van der Waals surface area contributed by atoms with E-state index < -0.39 is 7.07 Å². The van der Waals surface area contributed by atoms with Gasteiger partial charge in [-0.05, 0) is 0 Å². The van der Waals surface area contributed by atoms with E-state index in [0.717, 1.165) is 32.0 Å². The topological polar surface area (TPSA) is 100 Å². The van der Waals surface area contributed by atoms with Crippen LogP contribution in [0.25, 0.3) is 0 Å². The summed E-state index contributed by atoms with van der Waals surface area (Å²) < 4.78 is 11.3. The maximum atomic E-state index is 11.3. The van der Waals surface area contributed by atoms with Crippen molar-refractivity contribution in [3.63, 3.8) is 0 Å². The molecule has 1 unspecified atom stereocenters. The van der Waals surface area contributed by atoms with Gasteiger partial charge in [0.15, 0.2) is 0 Å². The van der Waals surface area contributed by atoms with Crippen molar-refractivity contribution >= 4 is 30.6 Å². The quantitative estimate of drug-likeness (QED) is 0.204. The van der Waals surface area contributed by atoms with Crippen LogP contribution in [0, 0.1) is 0 Å². The van der Waals surface area contributed by atoms with Gasteiger partial charge in [-0.1, -0.05) is 0 Å². The average Bonchev–Trinajstić information content (AvgIpc) is 3.21. The summed E-state index contributed by atoms with van der Waals surface area (Å²) in [5.74, 6) is -0.195. The van der Waals surface area contributed by atoms with E-state index in [-0.39, 0.29) is 25.2 Å². The number of carbonyl (C=O) groups is 2. The van der Waals surface area contributed by atoms with Gasteiger partial charge in [0.25, 0.3) is 0 Å². The Morgan fingerprint density at radius 2 is 2.18 bits per heavy atom. The zero-order chi connectivity index (χ0) is 20.8. The van der Waals surface area contributed by atoms with Gasteiger partial charge < -0.3 is 0 Å². The summed E-state index contributed by atoms with van der Waals surface area (Å²) in [6.07, 6.45) is 10.3. The van der Waals surface area contributed by atoms with Crippen LogP contribution in [0.15, 0.2) is 25.1 Å². The second kappa shape index (κ2) is 14.1. The van der Waals surface area contributed by atoms with Crippen molar-refractivity contribution < 1.29 is 23.7 Å². The van der Waals surface area contributed by atoms with E-state index >= 15 is 0 Å². The van der Waals surface area contributed by atoms with E-state index in [9.17, 15) is 14.5 Å². The molecule has 1 fully saturated rings. The Labute approximate surface area is 172 Å². The Morgan fingerprint density at radius 1 is 1.46 bits per heavy atom. The van der Waals surface area contributed by atoms with Crippen LogP contribution >= 0.6 is 18.5 Å². The van der Waals surface area contributed by atoms with Crippen molar-refractivity contribution in [2.45, 2.75) is 43.5 Å². The number of nitrogens with zero attached hydrogens (tertiary/aromatic N) is 1. The molecular weight excluding hydrogens is 401 g/mol. The first-order valence-corrected chi connectivity index (χ1v) is 13.0. The molecule has 0 radical (unpaired) electrons. The molecule has 3 N–H and O–H groups in total. The summed E-state index contributed by atoms with van der Waals surface area (Å²) in [5, 5.41) is 5.78. The van der Waals surface area contributed by atoms with Gasteiger partial charge in [0.05, 0.1) is 0 Å². The third-order valence-corrected chi connectivity index (χ3v) is 9.52. The second-order valence-corrected chi connectivity index (χ2v) is 11.5. The van der Waals surface area contributed by atoms with Crippen LogP contribution in [0.5, 0.6) is 0 Å². The SMILES string of the molecule is C=CN(/C=C\C(=O)NC)CCC(CO[PH](O)(NCC=O)SC1CCCC1)OC. The van der Waals surface area contributed by atoms with Gasteiger partial charge in [0, 0.05) is 0 Å². The van der Waals surface area contributed by atoms with Crippen LogP contribution in [0.1, 0.15) is 32.1 Å². The fourth-order valence-electron chi connectivity index (χ4n) is 2.77. The number of hydrogen-bond donors (Lipinski definition) is 3. The maximum absolute atomic E-state index is 11.3. The third-order valence-electron chi connectivity index (χ3n) is 4.44. The van der Waals surface area contributed by atoms with Crippen molar-refractivity contribution in [2.24, 2.45) is 0 Å². The molecule has 0 saturated heterocycles. The van der Waals surface area contributed by atoms with Gasteiger partial charge in [-0.15, -0.1) is 0 Å². The molecule has 0 aromatic heterocycles. The molecule has 10 heteroatoms. The number of rotatable bonds is 15. The number of ether oxygens (including phenoxy) is 1. The monoisotopic (exact) mass is 435 g/mol. The third kappa shape index (κ3) is 10.0. The number of likely N-dealkylation sites (N-methyl/N-ethyl adjacent to an activating group) is 1. The average molecular weight is 436 g/mol. The Balaban J connectivity index is 2.54. The minimum absolute atomic E-state index is 0.0641.